The fourth-order valence-corrected chi connectivity index (χ4v) is 4.21. The van der Waals surface area contributed by atoms with Gasteiger partial charge in [0.05, 0.1) is 68.0 Å². The first-order valence-corrected chi connectivity index (χ1v) is 10.5. The molecule has 2 fully saturated rings. The molecule has 4 bridgehead atoms. The van der Waals surface area contributed by atoms with Crippen LogP contribution in [0.25, 0.3) is 11.4 Å². The summed E-state index contributed by atoms with van der Waals surface area (Å²) in [6.45, 7) is 6.40. The second-order valence-corrected chi connectivity index (χ2v) is 7.94. The third-order valence-corrected chi connectivity index (χ3v) is 5.80. The maximum absolute atomic E-state index is 12.0. The van der Waals surface area contributed by atoms with Crippen LogP contribution in [0.4, 0.5) is 9.59 Å². The van der Waals surface area contributed by atoms with Gasteiger partial charge in [0.25, 0.3) is 0 Å². The van der Waals surface area contributed by atoms with Crippen LogP contribution < -0.4 is 0 Å². The lowest BCUT2D eigenvalue weighted by molar-refractivity contribution is -0.107. The maximum Gasteiger partial charge on any atom is 0.345 e. The van der Waals surface area contributed by atoms with E-state index in [2.05, 4.69) is 33.0 Å². The van der Waals surface area contributed by atoms with Crippen molar-refractivity contribution >= 4 is 23.5 Å². The minimum Gasteiger partial charge on any atom is -0.319 e. The summed E-state index contributed by atoms with van der Waals surface area (Å²) < 4.78 is 0. The first-order chi connectivity index (χ1) is 16.0. The molecular weight excluding hydrogens is 428 g/mol. The molecule has 172 valence electrons. The van der Waals surface area contributed by atoms with E-state index in [9.17, 15) is 9.59 Å². The number of carbonyl (C=O) groups excluding carboxylic acids is 2. The lowest BCUT2D eigenvalue weighted by Gasteiger charge is -2.20. The van der Waals surface area contributed by atoms with Crippen molar-refractivity contribution in [1.82, 2.24) is 49.8 Å². The van der Waals surface area contributed by atoms with Crippen LogP contribution in [0.3, 0.4) is 0 Å². The fraction of sp³-hybridized carbons (Fsp3) is 0.400. The normalized spacial score (nSPS) is 23.4. The highest BCUT2D eigenvalue weighted by molar-refractivity contribution is 5.81. The van der Waals surface area contributed by atoms with Crippen molar-refractivity contribution < 1.29 is 14.4 Å². The van der Waals surface area contributed by atoms with E-state index in [4.69, 9.17) is 4.84 Å². The Kier molecular flexibility index (Phi) is 5.38. The van der Waals surface area contributed by atoms with Gasteiger partial charge in [-0.05, 0) is 12.2 Å². The highest BCUT2D eigenvalue weighted by Gasteiger charge is 2.41. The smallest absolute Gasteiger partial charge is 0.319 e. The quantitative estimate of drug-likeness (QED) is 0.596. The summed E-state index contributed by atoms with van der Waals surface area (Å²) in [4.78, 5) is 37.4. The summed E-state index contributed by atoms with van der Waals surface area (Å²) in [5, 5.41) is 17.7. The van der Waals surface area contributed by atoms with Crippen molar-refractivity contribution in [2.75, 3.05) is 39.8 Å². The SMILES string of the molecule is C=CCON1C(=O)N2CC(n3nccn3)=CC1C2.CN1C(=O)N2CC(n3nccn3)=CC1C2. The molecule has 0 saturated carbocycles. The standard InChI is InChI=1S/C11H13N5O2.C9H11N5O/c1-2-5-18-15-9-6-10(16-12-3-4-13-16)8-14(7-9)11(15)17;1-12-7-4-8(14-10-2-3-11-14)6-13(5-7)9(12)15/h2-4,6,9H,1,5,7-8H2;2-4,7H,5-6H2,1H3. The molecule has 4 aliphatic heterocycles. The zero-order valence-corrected chi connectivity index (χ0v) is 18.1. The molecule has 33 heavy (non-hydrogen) atoms. The first-order valence-electron chi connectivity index (χ1n) is 10.5. The molecule has 0 aliphatic carbocycles. The molecule has 0 aromatic carbocycles. The van der Waals surface area contributed by atoms with E-state index in [1.165, 1.54) is 9.86 Å². The van der Waals surface area contributed by atoms with Gasteiger partial charge in [0.2, 0.25) is 0 Å². The monoisotopic (exact) mass is 452 g/mol. The van der Waals surface area contributed by atoms with Gasteiger partial charge in [-0.25, -0.2) is 9.59 Å². The molecule has 2 unspecified atom stereocenters. The summed E-state index contributed by atoms with van der Waals surface area (Å²) in [6.07, 6.45) is 12.1. The zero-order valence-electron chi connectivity index (χ0n) is 18.1. The van der Waals surface area contributed by atoms with Gasteiger partial charge in [0, 0.05) is 20.1 Å². The Hall–Kier alpha value is -4.00. The Morgan fingerprint density at radius 3 is 1.97 bits per heavy atom. The summed E-state index contributed by atoms with van der Waals surface area (Å²) >= 11 is 0. The molecule has 0 radical (unpaired) electrons. The lowest BCUT2D eigenvalue weighted by Crippen LogP contribution is -2.33. The molecule has 13 nitrogen and oxygen atoms in total. The summed E-state index contributed by atoms with van der Waals surface area (Å²) in [7, 11) is 1.82. The van der Waals surface area contributed by atoms with Crippen molar-refractivity contribution in [3.05, 3.63) is 49.6 Å². The van der Waals surface area contributed by atoms with E-state index >= 15 is 0 Å². The van der Waals surface area contributed by atoms with Gasteiger partial charge >= 0.3 is 12.1 Å². The molecule has 6 heterocycles. The molecule has 4 amide bonds. The third-order valence-electron chi connectivity index (χ3n) is 5.80. The number of hydrogen-bond acceptors (Lipinski definition) is 7. The van der Waals surface area contributed by atoms with Gasteiger partial charge in [-0.3, -0.25) is 4.84 Å². The van der Waals surface area contributed by atoms with Crippen LogP contribution in [0, 0.1) is 0 Å². The van der Waals surface area contributed by atoms with Crippen LogP contribution in [-0.4, -0.2) is 114 Å². The Bertz CT molecular complexity index is 1090. The first kappa shape index (κ1) is 20.9. The van der Waals surface area contributed by atoms with Gasteiger partial charge in [-0.15, -0.1) is 6.58 Å². The molecule has 13 heteroatoms. The topological polar surface area (TPSA) is 118 Å². The van der Waals surface area contributed by atoms with E-state index < -0.39 is 0 Å². The maximum atomic E-state index is 12.0. The molecule has 4 aliphatic rings. The van der Waals surface area contributed by atoms with Gasteiger partial charge in [0.1, 0.15) is 0 Å². The second-order valence-electron chi connectivity index (χ2n) is 7.94. The highest BCUT2D eigenvalue weighted by atomic mass is 16.7. The molecule has 6 rings (SSSR count). The van der Waals surface area contributed by atoms with Crippen molar-refractivity contribution in [2.45, 2.75) is 12.1 Å². The fourth-order valence-electron chi connectivity index (χ4n) is 4.21. The van der Waals surface area contributed by atoms with Crippen molar-refractivity contribution in [1.29, 1.82) is 0 Å². The third kappa shape index (κ3) is 3.86. The summed E-state index contributed by atoms with van der Waals surface area (Å²) in [5.74, 6) is 0. The lowest BCUT2D eigenvalue weighted by atomic mass is 10.2. The zero-order chi connectivity index (χ0) is 22.9. The summed E-state index contributed by atoms with van der Waals surface area (Å²) in [6, 6.07) is 0.0260. The number of rotatable bonds is 5. The number of aromatic nitrogens is 6. The number of likely N-dealkylation sites (N-methyl/N-ethyl adjacent to an activating group) is 1. The minimum atomic E-state index is -0.125. The van der Waals surface area contributed by atoms with Crippen LogP contribution in [0.15, 0.2) is 49.6 Å². The molecule has 0 spiro atoms. The van der Waals surface area contributed by atoms with Crippen LogP contribution in [0.5, 0.6) is 0 Å². The molecular formula is C20H24N10O3. The molecule has 2 saturated heterocycles. The van der Waals surface area contributed by atoms with E-state index in [-0.39, 0.29) is 24.1 Å². The van der Waals surface area contributed by atoms with E-state index in [0.717, 1.165) is 17.9 Å². The second kappa shape index (κ2) is 8.50. The highest BCUT2D eigenvalue weighted by Crippen LogP contribution is 2.26. The molecule has 2 atom stereocenters. The van der Waals surface area contributed by atoms with Crippen LogP contribution in [-0.2, 0) is 4.84 Å². The minimum absolute atomic E-state index is 0.0819. The van der Waals surface area contributed by atoms with Crippen molar-refractivity contribution in [3.63, 3.8) is 0 Å². The van der Waals surface area contributed by atoms with Crippen LogP contribution >= 0.6 is 0 Å². The Morgan fingerprint density at radius 2 is 1.42 bits per heavy atom. The molecule has 0 N–H and O–H groups in total. The number of amides is 4. The predicted molar refractivity (Wildman–Crippen MR) is 116 cm³/mol. The van der Waals surface area contributed by atoms with Gasteiger partial charge in [-0.1, -0.05) is 6.08 Å². The van der Waals surface area contributed by atoms with E-state index in [0.29, 0.717) is 26.2 Å². The number of hydrogen-bond donors (Lipinski definition) is 0. The number of carbonyl (C=O) groups is 2. The largest absolute Gasteiger partial charge is 0.345 e. The molecule has 2 aromatic heterocycles. The Balaban J connectivity index is 0.000000140. The number of fused-ring (bicyclic) bond motifs is 4. The number of urea groups is 2. The van der Waals surface area contributed by atoms with E-state index in [1.54, 1.807) is 45.5 Å². The average Bonchev–Trinajstić information content (AvgIpc) is 3.63. The van der Waals surface area contributed by atoms with Crippen molar-refractivity contribution in [3.8, 4) is 0 Å². The Morgan fingerprint density at radius 1 is 0.909 bits per heavy atom. The number of nitrogens with zero attached hydrogens (tertiary/aromatic N) is 10. The number of hydroxylamine groups is 2. The van der Waals surface area contributed by atoms with Gasteiger partial charge < -0.3 is 14.7 Å². The summed E-state index contributed by atoms with van der Waals surface area (Å²) in [5.41, 5.74) is 1.85. The van der Waals surface area contributed by atoms with Gasteiger partial charge in [-0.2, -0.15) is 35.1 Å². The van der Waals surface area contributed by atoms with Gasteiger partial charge in [0.15, 0.2) is 0 Å². The van der Waals surface area contributed by atoms with Crippen LogP contribution in [0.1, 0.15) is 0 Å². The molecule has 2 aromatic rings. The van der Waals surface area contributed by atoms with Crippen LogP contribution in [0.2, 0.25) is 0 Å². The predicted octanol–water partition coefficient (Wildman–Crippen LogP) is 0.225. The van der Waals surface area contributed by atoms with Crippen molar-refractivity contribution in [2.24, 2.45) is 0 Å². The van der Waals surface area contributed by atoms with E-state index in [1.807, 2.05) is 18.0 Å². The Labute approximate surface area is 189 Å². The average molecular weight is 452 g/mol.